The van der Waals surface area contributed by atoms with Crippen molar-refractivity contribution in [3.63, 3.8) is 0 Å². The van der Waals surface area contributed by atoms with E-state index in [1.165, 1.54) is 0 Å². The summed E-state index contributed by atoms with van der Waals surface area (Å²) in [4.78, 5) is 10.5. The minimum atomic E-state index is 0.286. The Hall–Kier alpha value is -1.56. The number of anilines is 3. The van der Waals surface area contributed by atoms with E-state index in [9.17, 15) is 0 Å². The first-order chi connectivity index (χ1) is 8.21. The summed E-state index contributed by atoms with van der Waals surface area (Å²) in [5.41, 5.74) is 5.69. The molecule has 6 nitrogen and oxygen atoms in total. The Morgan fingerprint density at radius 3 is 2.76 bits per heavy atom. The maximum atomic E-state index is 5.69. The van der Waals surface area contributed by atoms with Gasteiger partial charge in [-0.3, -0.25) is 0 Å². The summed E-state index contributed by atoms with van der Waals surface area (Å²) >= 11 is 0. The van der Waals surface area contributed by atoms with Crippen LogP contribution in [-0.2, 0) is 4.74 Å². The molecule has 17 heavy (non-hydrogen) atoms. The molecule has 0 aliphatic rings. The third-order valence-corrected chi connectivity index (χ3v) is 2.36. The van der Waals surface area contributed by atoms with Gasteiger partial charge in [-0.25, -0.2) is 0 Å². The van der Waals surface area contributed by atoms with Crippen molar-refractivity contribution < 1.29 is 4.74 Å². The topological polar surface area (TPSA) is 76.3 Å². The summed E-state index contributed by atoms with van der Waals surface area (Å²) < 4.78 is 5.07. The molecule has 0 saturated carbocycles. The van der Waals surface area contributed by atoms with Gasteiger partial charge in [-0.05, 0) is 13.8 Å². The number of rotatable bonds is 7. The number of nitrogens with zero attached hydrogens (tertiary/aromatic N) is 3. The van der Waals surface area contributed by atoms with Crippen molar-refractivity contribution in [3.8, 4) is 0 Å². The molecule has 1 heterocycles. The van der Waals surface area contributed by atoms with Crippen LogP contribution in [0, 0.1) is 0 Å². The Labute approximate surface area is 102 Å². The van der Waals surface area contributed by atoms with Crippen LogP contribution in [0.15, 0.2) is 6.07 Å². The van der Waals surface area contributed by atoms with E-state index in [2.05, 4.69) is 27.1 Å². The Morgan fingerprint density at radius 1 is 1.41 bits per heavy atom. The van der Waals surface area contributed by atoms with Gasteiger partial charge in [0.2, 0.25) is 5.95 Å². The number of aromatic nitrogens is 2. The zero-order valence-electron chi connectivity index (χ0n) is 10.7. The van der Waals surface area contributed by atoms with E-state index >= 15 is 0 Å². The molecule has 1 rings (SSSR count). The quantitative estimate of drug-likeness (QED) is 0.738. The molecule has 0 fully saturated rings. The van der Waals surface area contributed by atoms with Crippen LogP contribution in [-0.4, -0.2) is 43.3 Å². The average molecular weight is 239 g/mol. The molecule has 0 aromatic carbocycles. The van der Waals surface area contributed by atoms with Crippen LogP contribution in [0.4, 0.5) is 17.6 Å². The SMILES string of the molecule is CCNc1cc(N(CC)CCOC)nc(N)n1. The van der Waals surface area contributed by atoms with Gasteiger partial charge in [0.1, 0.15) is 11.6 Å². The third kappa shape index (κ3) is 4.07. The van der Waals surface area contributed by atoms with Gasteiger partial charge in [0.15, 0.2) is 0 Å². The standard InChI is InChI=1S/C11H21N5O/c1-4-13-9-8-10(15-11(12)14-9)16(5-2)6-7-17-3/h8H,4-7H2,1-3H3,(H3,12,13,14,15). The lowest BCUT2D eigenvalue weighted by atomic mass is 10.4. The molecule has 0 saturated heterocycles. The van der Waals surface area contributed by atoms with E-state index in [4.69, 9.17) is 10.5 Å². The number of nitrogens with one attached hydrogen (secondary N) is 1. The van der Waals surface area contributed by atoms with Crippen molar-refractivity contribution in [3.05, 3.63) is 6.07 Å². The second-order valence-electron chi connectivity index (χ2n) is 3.57. The van der Waals surface area contributed by atoms with E-state index in [1.807, 2.05) is 13.0 Å². The van der Waals surface area contributed by atoms with Gasteiger partial charge in [0.05, 0.1) is 6.61 Å². The molecular weight excluding hydrogens is 218 g/mol. The highest BCUT2D eigenvalue weighted by Crippen LogP contribution is 2.16. The summed E-state index contributed by atoms with van der Waals surface area (Å²) in [5.74, 6) is 1.87. The minimum absolute atomic E-state index is 0.286. The van der Waals surface area contributed by atoms with Crippen molar-refractivity contribution in [2.45, 2.75) is 13.8 Å². The smallest absolute Gasteiger partial charge is 0.223 e. The molecule has 0 atom stereocenters. The predicted octanol–water partition coefficient (Wildman–Crippen LogP) is 0.963. The molecule has 0 aliphatic heterocycles. The molecule has 3 N–H and O–H groups in total. The molecule has 0 spiro atoms. The first-order valence-electron chi connectivity index (χ1n) is 5.83. The lowest BCUT2D eigenvalue weighted by Crippen LogP contribution is -2.28. The molecule has 96 valence electrons. The van der Waals surface area contributed by atoms with Crippen molar-refractivity contribution in [2.24, 2.45) is 0 Å². The summed E-state index contributed by atoms with van der Waals surface area (Å²) in [7, 11) is 1.69. The number of hydrogen-bond acceptors (Lipinski definition) is 6. The van der Waals surface area contributed by atoms with Crippen LogP contribution < -0.4 is 16.0 Å². The van der Waals surface area contributed by atoms with Crippen LogP contribution in [0.1, 0.15) is 13.8 Å². The highest BCUT2D eigenvalue weighted by molar-refractivity contribution is 5.52. The van der Waals surface area contributed by atoms with E-state index in [1.54, 1.807) is 7.11 Å². The highest BCUT2D eigenvalue weighted by Gasteiger charge is 2.08. The van der Waals surface area contributed by atoms with Gasteiger partial charge in [-0.1, -0.05) is 0 Å². The van der Waals surface area contributed by atoms with E-state index in [0.29, 0.717) is 6.61 Å². The second kappa shape index (κ2) is 6.90. The Balaban J connectivity index is 2.85. The summed E-state index contributed by atoms with van der Waals surface area (Å²) in [6.07, 6.45) is 0. The van der Waals surface area contributed by atoms with Crippen LogP contribution in [0.5, 0.6) is 0 Å². The van der Waals surface area contributed by atoms with Crippen LogP contribution in [0.2, 0.25) is 0 Å². The number of likely N-dealkylation sites (N-methyl/N-ethyl adjacent to an activating group) is 1. The molecule has 0 unspecified atom stereocenters. The van der Waals surface area contributed by atoms with Crippen LogP contribution >= 0.6 is 0 Å². The van der Waals surface area contributed by atoms with Gasteiger partial charge in [-0.2, -0.15) is 9.97 Å². The van der Waals surface area contributed by atoms with Crippen LogP contribution in [0.25, 0.3) is 0 Å². The number of nitrogen functional groups attached to an aromatic ring is 1. The molecule has 0 aliphatic carbocycles. The van der Waals surface area contributed by atoms with Crippen molar-refractivity contribution >= 4 is 17.6 Å². The number of nitrogens with two attached hydrogens (primary N) is 1. The molecule has 0 bridgehead atoms. The zero-order chi connectivity index (χ0) is 12.7. The van der Waals surface area contributed by atoms with Crippen LogP contribution in [0.3, 0.4) is 0 Å². The fourth-order valence-electron chi connectivity index (χ4n) is 1.52. The maximum Gasteiger partial charge on any atom is 0.223 e. The fraction of sp³-hybridized carbons (Fsp3) is 0.636. The molecule has 1 aromatic rings. The summed E-state index contributed by atoms with van der Waals surface area (Å²) in [6.45, 7) is 7.19. The number of methoxy groups -OCH3 is 1. The van der Waals surface area contributed by atoms with Gasteiger partial charge in [0, 0.05) is 32.8 Å². The van der Waals surface area contributed by atoms with Crippen molar-refractivity contribution in [1.29, 1.82) is 0 Å². The van der Waals surface area contributed by atoms with Crippen molar-refractivity contribution in [2.75, 3.05) is 49.3 Å². The first-order valence-corrected chi connectivity index (χ1v) is 5.83. The maximum absolute atomic E-state index is 5.69. The van der Waals surface area contributed by atoms with Gasteiger partial charge < -0.3 is 20.7 Å². The largest absolute Gasteiger partial charge is 0.383 e. The minimum Gasteiger partial charge on any atom is -0.383 e. The zero-order valence-corrected chi connectivity index (χ0v) is 10.7. The van der Waals surface area contributed by atoms with E-state index in [-0.39, 0.29) is 5.95 Å². The predicted molar refractivity (Wildman–Crippen MR) is 70.4 cm³/mol. The third-order valence-electron chi connectivity index (χ3n) is 2.36. The van der Waals surface area contributed by atoms with Gasteiger partial charge in [-0.15, -0.1) is 0 Å². The Kier molecular flexibility index (Phi) is 5.48. The highest BCUT2D eigenvalue weighted by atomic mass is 16.5. The number of ether oxygens (including phenoxy) is 1. The lowest BCUT2D eigenvalue weighted by molar-refractivity contribution is 0.205. The molecular formula is C11H21N5O. The molecule has 6 heteroatoms. The lowest BCUT2D eigenvalue weighted by Gasteiger charge is -2.22. The first kappa shape index (κ1) is 13.5. The van der Waals surface area contributed by atoms with Gasteiger partial charge in [0.25, 0.3) is 0 Å². The summed E-state index contributed by atoms with van der Waals surface area (Å²) in [6, 6.07) is 1.90. The monoisotopic (exact) mass is 239 g/mol. The van der Waals surface area contributed by atoms with Gasteiger partial charge >= 0.3 is 0 Å². The van der Waals surface area contributed by atoms with E-state index < -0.39 is 0 Å². The Bertz CT molecular complexity index is 345. The average Bonchev–Trinajstić information content (AvgIpc) is 2.30. The number of hydrogen-bond donors (Lipinski definition) is 2. The van der Waals surface area contributed by atoms with E-state index in [0.717, 1.165) is 31.3 Å². The molecule has 0 amide bonds. The fourth-order valence-corrected chi connectivity index (χ4v) is 1.52. The normalized spacial score (nSPS) is 10.3. The Morgan fingerprint density at radius 2 is 2.18 bits per heavy atom. The molecule has 1 aromatic heterocycles. The van der Waals surface area contributed by atoms with Crippen molar-refractivity contribution in [1.82, 2.24) is 9.97 Å². The summed E-state index contributed by atoms with van der Waals surface area (Å²) in [5, 5.41) is 3.13. The second-order valence-corrected chi connectivity index (χ2v) is 3.57. The molecule has 0 radical (unpaired) electrons.